The summed E-state index contributed by atoms with van der Waals surface area (Å²) in [6, 6.07) is 4.53. The third-order valence-corrected chi connectivity index (χ3v) is 7.13. The van der Waals surface area contributed by atoms with Crippen LogP contribution in [-0.2, 0) is 17.5 Å². The molecule has 1 amide bonds. The number of ether oxygens (including phenoxy) is 1. The van der Waals surface area contributed by atoms with Crippen molar-refractivity contribution >= 4 is 11.7 Å². The molecule has 37 heavy (non-hydrogen) atoms. The molecule has 6 rings (SSSR count). The maximum Gasteiger partial charge on any atom is 0.416 e. The van der Waals surface area contributed by atoms with Gasteiger partial charge in [-0.2, -0.15) is 18.3 Å². The van der Waals surface area contributed by atoms with Gasteiger partial charge in [-0.05, 0) is 44.0 Å². The highest BCUT2D eigenvalue weighted by Crippen LogP contribution is 2.39. The highest BCUT2D eigenvalue weighted by Gasteiger charge is 2.35. The Morgan fingerprint density at radius 1 is 1.11 bits per heavy atom. The molecule has 4 heterocycles. The monoisotopic (exact) mass is 515 g/mol. The number of halogens is 4. The lowest BCUT2D eigenvalue weighted by Crippen LogP contribution is -2.43. The summed E-state index contributed by atoms with van der Waals surface area (Å²) >= 11 is 0. The summed E-state index contributed by atoms with van der Waals surface area (Å²) in [6.07, 6.45) is 0.907. The van der Waals surface area contributed by atoms with Crippen LogP contribution < -0.4 is 4.90 Å². The number of pyridine rings is 1. The molecule has 1 aliphatic carbocycles. The van der Waals surface area contributed by atoms with Crippen LogP contribution in [0.25, 0.3) is 11.3 Å². The minimum absolute atomic E-state index is 0.0715. The zero-order chi connectivity index (χ0) is 26.1. The van der Waals surface area contributed by atoms with Crippen LogP contribution in [-0.4, -0.2) is 51.8 Å². The highest BCUT2D eigenvalue weighted by atomic mass is 19.4. The van der Waals surface area contributed by atoms with Crippen LogP contribution in [0.4, 0.5) is 23.4 Å². The summed E-state index contributed by atoms with van der Waals surface area (Å²) in [5.41, 5.74) is 0.838. The molecular formula is C26H25F4N5O2. The van der Waals surface area contributed by atoms with Gasteiger partial charge in [-0.1, -0.05) is 0 Å². The molecule has 2 atom stereocenters. The van der Waals surface area contributed by atoms with Crippen LogP contribution in [0.5, 0.6) is 0 Å². The Labute approximate surface area is 210 Å². The lowest BCUT2D eigenvalue weighted by atomic mass is 10.00. The van der Waals surface area contributed by atoms with Gasteiger partial charge in [0.25, 0.3) is 5.91 Å². The van der Waals surface area contributed by atoms with E-state index >= 15 is 4.39 Å². The molecular weight excluding hydrogens is 490 g/mol. The van der Waals surface area contributed by atoms with Crippen molar-refractivity contribution in [3.63, 3.8) is 0 Å². The number of morpholine rings is 1. The van der Waals surface area contributed by atoms with Crippen LogP contribution in [0, 0.1) is 5.82 Å². The maximum absolute atomic E-state index is 15.0. The molecule has 2 fully saturated rings. The van der Waals surface area contributed by atoms with Crippen LogP contribution in [0.3, 0.4) is 0 Å². The van der Waals surface area contributed by atoms with Crippen molar-refractivity contribution in [3.8, 4) is 11.3 Å². The lowest BCUT2D eigenvalue weighted by molar-refractivity contribution is -0.137. The third kappa shape index (κ3) is 4.35. The first-order valence-electron chi connectivity index (χ1n) is 12.2. The summed E-state index contributed by atoms with van der Waals surface area (Å²) in [4.78, 5) is 21.1. The predicted molar refractivity (Wildman–Crippen MR) is 126 cm³/mol. The second-order valence-electron chi connectivity index (χ2n) is 10.0. The number of rotatable bonds is 4. The van der Waals surface area contributed by atoms with Crippen molar-refractivity contribution in [3.05, 3.63) is 64.7 Å². The summed E-state index contributed by atoms with van der Waals surface area (Å²) < 4.78 is 62.6. The molecule has 2 aromatic heterocycles. The minimum atomic E-state index is -4.67. The van der Waals surface area contributed by atoms with Gasteiger partial charge in [0.1, 0.15) is 17.7 Å². The van der Waals surface area contributed by atoms with Gasteiger partial charge in [-0.25, -0.2) is 9.37 Å². The molecule has 0 spiro atoms. The van der Waals surface area contributed by atoms with E-state index in [2.05, 4.69) is 5.10 Å². The summed E-state index contributed by atoms with van der Waals surface area (Å²) in [6.45, 7) is 3.05. The van der Waals surface area contributed by atoms with Crippen LogP contribution in [0.1, 0.15) is 59.0 Å². The summed E-state index contributed by atoms with van der Waals surface area (Å²) in [5, 5.41) is 4.46. The first-order chi connectivity index (χ1) is 17.6. The van der Waals surface area contributed by atoms with Crippen molar-refractivity contribution < 1.29 is 27.1 Å². The van der Waals surface area contributed by atoms with E-state index in [1.807, 2.05) is 22.7 Å². The normalized spacial score (nSPS) is 22.1. The second-order valence-corrected chi connectivity index (χ2v) is 10.0. The third-order valence-electron chi connectivity index (χ3n) is 7.13. The van der Waals surface area contributed by atoms with Gasteiger partial charge in [-0.15, -0.1) is 0 Å². The van der Waals surface area contributed by atoms with Crippen molar-refractivity contribution in [2.45, 2.75) is 50.7 Å². The number of fused-ring (bicyclic) bond motifs is 1. The van der Waals surface area contributed by atoms with Gasteiger partial charge in [-0.3, -0.25) is 9.48 Å². The quantitative estimate of drug-likeness (QED) is 0.458. The van der Waals surface area contributed by atoms with E-state index in [-0.39, 0.29) is 35.9 Å². The number of hydrogen-bond donors (Lipinski definition) is 0. The fourth-order valence-corrected chi connectivity index (χ4v) is 5.07. The van der Waals surface area contributed by atoms with Gasteiger partial charge in [0, 0.05) is 43.0 Å². The molecule has 0 N–H and O–H groups in total. The minimum Gasteiger partial charge on any atom is -0.367 e. The van der Waals surface area contributed by atoms with Gasteiger partial charge >= 0.3 is 6.18 Å². The van der Waals surface area contributed by atoms with Crippen molar-refractivity contribution in [1.29, 1.82) is 0 Å². The number of benzene rings is 1. The molecule has 1 aromatic carbocycles. The van der Waals surface area contributed by atoms with Gasteiger partial charge in [0.05, 0.1) is 41.7 Å². The molecule has 11 heteroatoms. The number of aromatic nitrogens is 3. The Hall–Kier alpha value is -3.47. The second kappa shape index (κ2) is 8.54. The summed E-state index contributed by atoms with van der Waals surface area (Å²) in [7, 11) is 1.62. The van der Waals surface area contributed by atoms with E-state index in [0.717, 1.165) is 30.5 Å². The van der Waals surface area contributed by atoms with Crippen molar-refractivity contribution in [2.75, 3.05) is 25.0 Å². The number of carbonyl (C=O) groups excluding carboxylic acids is 1. The first-order valence-corrected chi connectivity index (χ1v) is 12.2. The molecule has 0 bridgehead atoms. The van der Waals surface area contributed by atoms with Crippen LogP contribution in [0.2, 0.25) is 0 Å². The average Bonchev–Trinajstić information content (AvgIpc) is 3.50. The zero-order valence-electron chi connectivity index (χ0n) is 20.3. The lowest BCUT2D eigenvalue weighted by Gasteiger charge is -2.37. The topological polar surface area (TPSA) is 63.5 Å². The fourth-order valence-electron chi connectivity index (χ4n) is 5.07. The van der Waals surface area contributed by atoms with E-state index in [0.29, 0.717) is 42.1 Å². The van der Waals surface area contributed by atoms with Crippen LogP contribution in [0.15, 0.2) is 36.7 Å². The SMILES string of the molecule is C[C@@H]1CN(c2cc3c(c(-c4ccc(C(F)(F)F)cc4F)n2)CN(C)C3=O)C[C@H](c2cnn(C3CC3)c2)O1. The van der Waals surface area contributed by atoms with E-state index in [9.17, 15) is 18.0 Å². The number of carbonyl (C=O) groups is 1. The number of nitrogens with zero attached hydrogens (tertiary/aromatic N) is 5. The first kappa shape index (κ1) is 23.9. The molecule has 3 aromatic rings. The fraction of sp³-hybridized carbons (Fsp3) is 0.423. The van der Waals surface area contributed by atoms with Gasteiger partial charge < -0.3 is 14.5 Å². The molecule has 2 aliphatic heterocycles. The summed E-state index contributed by atoms with van der Waals surface area (Å²) in [5.74, 6) is -0.827. The standard InChI is InChI=1S/C26H25F4N5O2/c1-14-10-34(13-22(37-14)15-9-31-35(11-15)17-4-5-17)23-8-19-20(12-33(2)25(19)36)24(32-23)18-6-3-16(7-21(18)27)26(28,29)30/h3,6-9,11,14,17,22H,4-5,10,12-13H2,1-2H3/t14-,22-/m1/s1. The highest BCUT2D eigenvalue weighted by molar-refractivity contribution is 6.00. The molecule has 194 valence electrons. The zero-order valence-corrected chi connectivity index (χ0v) is 20.3. The number of anilines is 1. The Bertz CT molecular complexity index is 1380. The molecule has 1 saturated heterocycles. The molecule has 1 saturated carbocycles. The van der Waals surface area contributed by atoms with Gasteiger partial charge in [0.2, 0.25) is 0 Å². The molecule has 7 nitrogen and oxygen atoms in total. The van der Waals surface area contributed by atoms with E-state index in [1.165, 1.54) is 4.90 Å². The number of alkyl halides is 3. The molecule has 0 radical (unpaired) electrons. The molecule has 3 aliphatic rings. The Morgan fingerprint density at radius 2 is 1.89 bits per heavy atom. The Kier molecular flexibility index (Phi) is 5.52. The Balaban J connectivity index is 1.39. The Morgan fingerprint density at radius 3 is 2.59 bits per heavy atom. The maximum atomic E-state index is 15.0. The van der Waals surface area contributed by atoms with E-state index in [4.69, 9.17) is 9.72 Å². The number of amides is 1. The largest absolute Gasteiger partial charge is 0.416 e. The van der Waals surface area contributed by atoms with E-state index in [1.54, 1.807) is 19.3 Å². The van der Waals surface area contributed by atoms with Crippen LogP contribution >= 0.6 is 0 Å². The predicted octanol–water partition coefficient (Wildman–Crippen LogP) is 4.99. The van der Waals surface area contributed by atoms with Gasteiger partial charge in [0.15, 0.2) is 0 Å². The van der Waals surface area contributed by atoms with Crippen molar-refractivity contribution in [1.82, 2.24) is 19.7 Å². The van der Waals surface area contributed by atoms with E-state index < -0.39 is 17.6 Å². The molecule has 0 unspecified atom stereocenters. The average molecular weight is 516 g/mol. The smallest absolute Gasteiger partial charge is 0.367 e. The number of hydrogen-bond acceptors (Lipinski definition) is 5. The van der Waals surface area contributed by atoms with Crippen molar-refractivity contribution in [2.24, 2.45) is 0 Å².